The quantitative estimate of drug-likeness (QED) is 0.558. The van der Waals surface area contributed by atoms with Crippen LogP contribution in [-0.4, -0.2) is 66.0 Å². The van der Waals surface area contributed by atoms with Crippen molar-refractivity contribution in [3.05, 3.63) is 34.8 Å². The fourth-order valence-electron chi connectivity index (χ4n) is 6.25. The lowest BCUT2D eigenvalue weighted by Crippen LogP contribution is -2.50. The van der Waals surface area contributed by atoms with Gasteiger partial charge in [-0.05, 0) is 56.9 Å². The molecule has 6 rings (SSSR count). The molecule has 0 radical (unpaired) electrons. The highest BCUT2D eigenvalue weighted by Gasteiger charge is 2.43. The second-order valence-corrected chi connectivity index (χ2v) is 10.6. The first kappa shape index (κ1) is 21.8. The number of piperazine rings is 1. The number of aromatic nitrogens is 3. The fourth-order valence-corrected chi connectivity index (χ4v) is 6.25. The molecule has 4 aliphatic rings. The summed E-state index contributed by atoms with van der Waals surface area (Å²) in [5, 5.41) is 14.5. The highest BCUT2D eigenvalue weighted by molar-refractivity contribution is 5.86. The summed E-state index contributed by atoms with van der Waals surface area (Å²) in [4.78, 5) is 18.8. The van der Waals surface area contributed by atoms with E-state index in [9.17, 15) is 4.79 Å². The monoisotopic (exact) mass is 463 g/mol. The Morgan fingerprint density at radius 2 is 1.91 bits per heavy atom. The van der Waals surface area contributed by atoms with Crippen LogP contribution < -0.4 is 21.1 Å². The first-order chi connectivity index (χ1) is 16.6. The number of rotatable bonds is 8. The number of H-pyrrole nitrogens is 1. The van der Waals surface area contributed by atoms with Gasteiger partial charge >= 0.3 is 0 Å². The second kappa shape index (κ2) is 8.48. The van der Waals surface area contributed by atoms with Crippen LogP contribution in [0.1, 0.15) is 50.1 Å². The first-order valence-electron chi connectivity index (χ1n) is 13.0. The molecule has 8 heteroatoms. The third-order valence-corrected chi connectivity index (χ3v) is 8.39. The van der Waals surface area contributed by atoms with Crippen LogP contribution in [-0.2, 0) is 0 Å². The van der Waals surface area contributed by atoms with Gasteiger partial charge in [-0.25, -0.2) is 0 Å². The van der Waals surface area contributed by atoms with Gasteiger partial charge in [-0.3, -0.25) is 14.8 Å². The smallest absolute Gasteiger partial charge is 0.262 e. The van der Waals surface area contributed by atoms with Crippen LogP contribution in [0.4, 0.5) is 11.5 Å². The van der Waals surface area contributed by atoms with Crippen molar-refractivity contribution in [2.24, 2.45) is 11.8 Å². The highest BCUT2D eigenvalue weighted by Crippen LogP contribution is 2.52. The molecule has 0 bridgehead atoms. The van der Waals surface area contributed by atoms with Gasteiger partial charge in [-0.2, -0.15) is 5.10 Å². The number of aromatic amines is 1. The molecule has 34 heavy (non-hydrogen) atoms. The molecule has 2 aliphatic carbocycles. The standard InChI is InChI=1S/C26H37N7O/c1-16(27-2)23-24(28-3)20(15-33(26(23)34)25(17-6-7-17)18-8-9-18)21-13-22(30-29-21)32-12-11-31-10-4-5-19(31)14-32/h13,15,17-19,25,27-28H,1,4-12,14H2,2-3H3,(H,29,30)/t19-/m1/s1. The fraction of sp³-hybridized carbons (Fsp3) is 0.615. The normalized spacial score (nSPS) is 22.8. The molecule has 0 aromatic carbocycles. The van der Waals surface area contributed by atoms with Crippen molar-refractivity contribution >= 4 is 17.2 Å². The summed E-state index contributed by atoms with van der Waals surface area (Å²) in [6.07, 6.45) is 9.54. The minimum atomic E-state index is 0.0457. The molecular weight excluding hydrogens is 426 g/mol. The van der Waals surface area contributed by atoms with Crippen molar-refractivity contribution < 1.29 is 0 Å². The van der Waals surface area contributed by atoms with Crippen molar-refractivity contribution in [3.63, 3.8) is 0 Å². The topological polar surface area (TPSA) is 81.2 Å². The number of fused-ring (bicyclic) bond motifs is 1. The Hall–Kier alpha value is -2.74. The maximum absolute atomic E-state index is 13.8. The van der Waals surface area contributed by atoms with Gasteiger partial charge < -0.3 is 20.1 Å². The molecule has 2 aromatic rings. The molecule has 4 fully saturated rings. The van der Waals surface area contributed by atoms with Gasteiger partial charge in [0.1, 0.15) is 5.82 Å². The molecule has 3 N–H and O–H groups in total. The zero-order chi connectivity index (χ0) is 23.4. The first-order valence-corrected chi connectivity index (χ1v) is 13.0. The number of hydrogen-bond acceptors (Lipinski definition) is 6. The van der Waals surface area contributed by atoms with Gasteiger partial charge in [-0.15, -0.1) is 0 Å². The van der Waals surface area contributed by atoms with E-state index in [2.05, 4.69) is 44.4 Å². The molecule has 182 valence electrons. The van der Waals surface area contributed by atoms with E-state index in [1.165, 1.54) is 45.1 Å². The Kier molecular flexibility index (Phi) is 5.43. The summed E-state index contributed by atoms with van der Waals surface area (Å²) >= 11 is 0. The molecule has 0 spiro atoms. The van der Waals surface area contributed by atoms with Crippen LogP contribution in [0.15, 0.2) is 23.6 Å². The zero-order valence-electron chi connectivity index (χ0n) is 20.4. The Balaban J connectivity index is 1.41. The Labute approximate surface area is 201 Å². The molecule has 2 saturated carbocycles. The molecule has 1 atom stereocenters. The van der Waals surface area contributed by atoms with Crippen molar-refractivity contribution in [2.75, 3.05) is 50.5 Å². The summed E-state index contributed by atoms with van der Waals surface area (Å²) in [6, 6.07) is 3.10. The molecule has 4 heterocycles. The van der Waals surface area contributed by atoms with E-state index in [0.29, 0.717) is 29.1 Å². The molecule has 2 aliphatic heterocycles. The predicted octanol–water partition coefficient (Wildman–Crippen LogP) is 3.12. The van der Waals surface area contributed by atoms with Crippen molar-refractivity contribution in [3.8, 4) is 11.3 Å². The van der Waals surface area contributed by atoms with Crippen LogP contribution in [0.5, 0.6) is 0 Å². The SMILES string of the molecule is C=C(NC)c1c(NC)c(-c2cc(N3CCN4CCC[C@@H]4C3)[nH]n2)cn(C(C2CC2)C2CC2)c1=O. The van der Waals surface area contributed by atoms with Gasteiger partial charge in [0.05, 0.1) is 16.9 Å². The third kappa shape index (κ3) is 3.72. The Morgan fingerprint density at radius 3 is 2.59 bits per heavy atom. The van der Waals surface area contributed by atoms with E-state index in [4.69, 9.17) is 5.10 Å². The largest absolute Gasteiger partial charge is 0.388 e. The van der Waals surface area contributed by atoms with Crippen LogP contribution in [0.25, 0.3) is 17.0 Å². The van der Waals surface area contributed by atoms with E-state index in [0.717, 1.165) is 42.4 Å². The summed E-state index contributed by atoms with van der Waals surface area (Å²) in [5.74, 6) is 2.30. The number of nitrogens with one attached hydrogen (secondary N) is 3. The lowest BCUT2D eigenvalue weighted by Gasteiger charge is -2.37. The average Bonchev–Trinajstić information content (AvgIpc) is 3.77. The molecule has 0 unspecified atom stereocenters. The van der Waals surface area contributed by atoms with Gasteiger partial charge in [0.25, 0.3) is 5.56 Å². The maximum Gasteiger partial charge on any atom is 0.262 e. The van der Waals surface area contributed by atoms with E-state index in [1.54, 1.807) is 0 Å². The van der Waals surface area contributed by atoms with Gasteiger partial charge in [0, 0.05) is 69.3 Å². The van der Waals surface area contributed by atoms with Crippen molar-refractivity contribution in [2.45, 2.75) is 50.6 Å². The molecule has 2 saturated heterocycles. The lowest BCUT2D eigenvalue weighted by molar-refractivity contribution is 0.230. The van der Waals surface area contributed by atoms with Gasteiger partial charge in [0.2, 0.25) is 0 Å². The van der Waals surface area contributed by atoms with Crippen molar-refractivity contribution in [1.82, 2.24) is 25.0 Å². The molecular formula is C26H37N7O. The minimum Gasteiger partial charge on any atom is -0.388 e. The summed E-state index contributed by atoms with van der Waals surface area (Å²) in [6.45, 7) is 8.59. The molecule has 2 aromatic heterocycles. The van der Waals surface area contributed by atoms with E-state index in [1.807, 2.05) is 18.7 Å². The second-order valence-electron chi connectivity index (χ2n) is 10.6. The van der Waals surface area contributed by atoms with E-state index in [-0.39, 0.29) is 11.6 Å². The number of anilines is 2. The highest BCUT2D eigenvalue weighted by atomic mass is 16.1. The lowest BCUT2D eigenvalue weighted by atomic mass is 10.0. The third-order valence-electron chi connectivity index (χ3n) is 8.39. The summed E-state index contributed by atoms with van der Waals surface area (Å²) in [7, 11) is 3.70. The van der Waals surface area contributed by atoms with Crippen LogP contribution in [0.3, 0.4) is 0 Å². The van der Waals surface area contributed by atoms with Crippen LogP contribution >= 0.6 is 0 Å². The number of hydrogen-bond donors (Lipinski definition) is 3. The van der Waals surface area contributed by atoms with Gasteiger partial charge in [-0.1, -0.05) is 6.58 Å². The zero-order valence-corrected chi connectivity index (χ0v) is 20.4. The average molecular weight is 464 g/mol. The summed E-state index contributed by atoms with van der Waals surface area (Å²) < 4.78 is 2.02. The van der Waals surface area contributed by atoms with E-state index < -0.39 is 0 Å². The number of pyridine rings is 1. The summed E-state index contributed by atoms with van der Waals surface area (Å²) in [5.41, 5.74) is 3.94. The van der Waals surface area contributed by atoms with Crippen LogP contribution in [0.2, 0.25) is 0 Å². The van der Waals surface area contributed by atoms with E-state index >= 15 is 0 Å². The van der Waals surface area contributed by atoms with Crippen LogP contribution in [0, 0.1) is 11.8 Å². The minimum absolute atomic E-state index is 0.0457. The number of nitrogens with zero attached hydrogens (tertiary/aromatic N) is 4. The predicted molar refractivity (Wildman–Crippen MR) is 137 cm³/mol. The Bertz CT molecular complexity index is 1130. The van der Waals surface area contributed by atoms with Gasteiger partial charge in [0.15, 0.2) is 0 Å². The Morgan fingerprint density at radius 1 is 1.15 bits per heavy atom. The van der Waals surface area contributed by atoms with Crippen molar-refractivity contribution in [1.29, 1.82) is 0 Å². The maximum atomic E-state index is 13.8. The molecule has 8 nitrogen and oxygen atoms in total. The molecule has 0 amide bonds.